The average Bonchev–Trinajstić information content (AvgIpc) is 2.75. The number of likely N-dealkylation sites (tertiary alicyclic amines) is 1. The molecule has 0 amide bonds. The summed E-state index contributed by atoms with van der Waals surface area (Å²) in [6, 6.07) is 7.54. The number of hydrogen-bond donors (Lipinski definition) is 2. The summed E-state index contributed by atoms with van der Waals surface area (Å²) in [6.45, 7) is 5.13. The van der Waals surface area contributed by atoms with E-state index in [-0.39, 0.29) is 0 Å². The Hall–Kier alpha value is -0.970. The van der Waals surface area contributed by atoms with Crippen molar-refractivity contribution in [2.75, 3.05) is 19.6 Å². The Morgan fingerprint density at radius 3 is 2.67 bits per heavy atom. The van der Waals surface area contributed by atoms with Crippen molar-refractivity contribution in [2.24, 2.45) is 11.7 Å². The van der Waals surface area contributed by atoms with Crippen molar-refractivity contribution >= 4 is 17.2 Å². The maximum Gasteiger partial charge on any atom is 0.103 e. The lowest BCUT2D eigenvalue weighted by atomic mass is 10.1. The van der Waals surface area contributed by atoms with Crippen LogP contribution in [0.4, 0.5) is 0 Å². The predicted octanol–water partition coefficient (Wildman–Crippen LogP) is 1.70. The van der Waals surface area contributed by atoms with Gasteiger partial charge < -0.3 is 15.7 Å². The highest BCUT2D eigenvalue weighted by Crippen LogP contribution is 2.20. The van der Waals surface area contributed by atoms with Crippen LogP contribution in [-0.2, 0) is 0 Å². The summed E-state index contributed by atoms with van der Waals surface area (Å²) < 4.78 is 0. The van der Waals surface area contributed by atoms with E-state index in [0.717, 1.165) is 30.1 Å². The summed E-state index contributed by atoms with van der Waals surface area (Å²) in [7, 11) is 0. The largest absolute Gasteiger partial charge is 0.389 e. The van der Waals surface area contributed by atoms with Crippen molar-refractivity contribution in [3.8, 4) is 0 Å². The lowest BCUT2D eigenvalue weighted by Gasteiger charge is -2.20. The second-order valence-corrected chi connectivity index (χ2v) is 5.60. The van der Waals surface area contributed by atoms with Crippen LogP contribution >= 0.6 is 12.2 Å². The molecule has 2 unspecified atom stereocenters. The van der Waals surface area contributed by atoms with E-state index >= 15 is 0 Å². The average molecular weight is 264 g/mol. The highest BCUT2D eigenvalue weighted by Gasteiger charge is 2.21. The van der Waals surface area contributed by atoms with E-state index in [9.17, 15) is 5.11 Å². The third-order valence-electron chi connectivity index (χ3n) is 3.52. The van der Waals surface area contributed by atoms with E-state index in [1.165, 1.54) is 6.42 Å². The zero-order valence-corrected chi connectivity index (χ0v) is 11.5. The van der Waals surface area contributed by atoms with E-state index in [1.54, 1.807) is 0 Å². The minimum Gasteiger partial charge on any atom is -0.389 e. The highest BCUT2D eigenvalue weighted by molar-refractivity contribution is 7.80. The van der Waals surface area contributed by atoms with Gasteiger partial charge in [0.05, 0.1) is 6.10 Å². The molecule has 1 heterocycles. The van der Waals surface area contributed by atoms with Crippen LogP contribution in [0.15, 0.2) is 24.3 Å². The molecule has 1 saturated heterocycles. The van der Waals surface area contributed by atoms with Gasteiger partial charge in [0.1, 0.15) is 4.99 Å². The Kier molecular flexibility index (Phi) is 4.32. The molecule has 4 heteroatoms. The maximum absolute atomic E-state index is 10.2. The zero-order valence-electron chi connectivity index (χ0n) is 10.7. The highest BCUT2D eigenvalue weighted by atomic mass is 32.1. The van der Waals surface area contributed by atoms with Crippen LogP contribution in [0.1, 0.15) is 30.6 Å². The lowest BCUT2D eigenvalue weighted by molar-refractivity contribution is 0.124. The summed E-state index contributed by atoms with van der Waals surface area (Å²) in [4.78, 5) is 2.71. The number of hydrogen-bond acceptors (Lipinski definition) is 3. The van der Waals surface area contributed by atoms with Crippen LogP contribution < -0.4 is 5.73 Å². The van der Waals surface area contributed by atoms with Crippen LogP contribution in [0.25, 0.3) is 0 Å². The van der Waals surface area contributed by atoms with Gasteiger partial charge in [0, 0.05) is 18.7 Å². The normalized spacial score (nSPS) is 22.0. The number of benzene rings is 1. The number of aliphatic hydroxyl groups is 1. The van der Waals surface area contributed by atoms with Crippen molar-refractivity contribution < 1.29 is 5.11 Å². The van der Waals surface area contributed by atoms with E-state index in [0.29, 0.717) is 11.5 Å². The molecular formula is C14H20N2OS. The molecule has 0 saturated carbocycles. The van der Waals surface area contributed by atoms with Gasteiger partial charge in [-0.15, -0.1) is 0 Å². The molecule has 2 rings (SSSR count). The first-order valence-corrected chi connectivity index (χ1v) is 6.77. The molecule has 18 heavy (non-hydrogen) atoms. The van der Waals surface area contributed by atoms with Gasteiger partial charge in [0.25, 0.3) is 0 Å². The number of nitrogens with zero attached hydrogens (tertiary/aromatic N) is 1. The fraction of sp³-hybridized carbons (Fsp3) is 0.500. The maximum atomic E-state index is 10.2. The minimum atomic E-state index is -0.435. The van der Waals surface area contributed by atoms with Crippen LogP contribution in [0, 0.1) is 5.92 Å². The molecule has 1 aromatic rings. The Balaban J connectivity index is 1.96. The second kappa shape index (κ2) is 5.78. The molecule has 0 bridgehead atoms. The molecule has 0 spiro atoms. The predicted molar refractivity (Wildman–Crippen MR) is 77.5 cm³/mol. The Morgan fingerprint density at radius 2 is 2.17 bits per heavy atom. The summed E-state index contributed by atoms with van der Waals surface area (Å²) in [5.41, 5.74) is 7.32. The van der Waals surface area contributed by atoms with Crippen LogP contribution in [0.5, 0.6) is 0 Å². The first-order valence-electron chi connectivity index (χ1n) is 6.36. The molecule has 3 N–H and O–H groups in total. The lowest BCUT2D eigenvalue weighted by Crippen LogP contribution is -2.26. The van der Waals surface area contributed by atoms with Crippen molar-refractivity contribution in [3.63, 3.8) is 0 Å². The SMILES string of the molecule is CC1CCN(CC(O)c2ccc(C(N)=S)cc2)C1. The molecular weight excluding hydrogens is 244 g/mol. The van der Waals surface area contributed by atoms with E-state index in [1.807, 2.05) is 24.3 Å². The van der Waals surface area contributed by atoms with Crippen molar-refractivity contribution in [2.45, 2.75) is 19.4 Å². The smallest absolute Gasteiger partial charge is 0.103 e. The van der Waals surface area contributed by atoms with Crippen molar-refractivity contribution in [3.05, 3.63) is 35.4 Å². The van der Waals surface area contributed by atoms with Gasteiger partial charge in [0.2, 0.25) is 0 Å². The molecule has 98 valence electrons. The number of β-amino-alcohol motifs (C(OH)–C–C–N with tert-alkyl or cyclic N) is 1. The molecule has 1 aliphatic rings. The summed E-state index contributed by atoms with van der Waals surface area (Å²) in [5, 5.41) is 10.2. The molecule has 1 fully saturated rings. The zero-order chi connectivity index (χ0) is 13.1. The second-order valence-electron chi connectivity index (χ2n) is 5.16. The summed E-state index contributed by atoms with van der Waals surface area (Å²) >= 11 is 4.91. The van der Waals surface area contributed by atoms with Gasteiger partial charge >= 0.3 is 0 Å². The Bertz CT molecular complexity index is 418. The van der Waals surface area contributed by atoms with Gasteiger partial charge in [-0.05, 0) is 24.4 Å². The standard InChI is InChI=1S/C14H20N2OS/c1-10-6-7-16(8-10)9-13(17)11-2-4-12(5-3-11)14(15)18/h2-5,10,13,17H,6-9H2,1H3,(H2,15,18). The van der Waals surface area contributed by atoms with E-state index in [2.05, 4.69) is 11.8 Å². The number of rotatable bonds is 4. The summed E-state index contributed by atoms with van der Waals surface area (Å²) in [5.74, 6) is 0.745. The third kappa shape index (κ3) is 3.28. The Morgan fingerprint density at radius 1 is 1.50 bits per heavy atom. The number of thiocarbonyl (C=S) groups is 1. The Labute approximate surface area is 114 Å². The van der Waals surface area contributed by atoms with Gasteiger partial charge in [-0.25, -0.2) is 0 Å². The monoisotopic (exact) mass is 264 g/mol. The van der Waals surface area contributed by atoms with Gasteiger partial charge in [-0.2, -0.15) is 0 Å². The molecule has 3 nitrogen and oxygen atoms in total. The van der Waals surface area contributed by atoms with Crippen LogP contribution in [0.2, 0.25) is 0 Å². The summed E-state index contributed by atoms with van der Waals surface area (Å²) in [6.07, 6.45) is 0.795. The minimum absolute atomic E-state index is 0.393. The number of nitrogens with two attached hydrogens (primary N) is 1. The van der Waals surface area contributed by atoms with E-state index < -0.39 is 6.10 Å². The van der Waals surface area contributed by atoms with Gasteiger partial charge in [-0.1, -0.05) is 43.4 Å². The first-order chi connectivity index (χ1) is 8.56. The van der Waals surface area contributed by atoms with Crippen molar-refractivity contribution in [1.29, 1.82) is 0 Å². The quantitative estimate of drug-likeness (QED) is 0.813. The molecule has 2 atom stereocenters. The van der Waals surface area contributed by atoms with Gasteiger partial charge in [0.15, 0.2) is 0 Å². The molecule has 0 aromatic heterocycles. The molecule has 0 radical (unpaired) electrons. The fourth-order valence-electron chi connectivity index (χ4n) is 2.41. The topological polar surface area (TPSA) is 49.5 Å². The van der Waals surface area contributed by atoms with Crippen molar-refractivity contribution in [1.82, 2.24) is 4.90 Å². The third-order valence-corrected chi connectivity index (χ3v) is 3.75. The fourth-order valence-corrected chi connectivity index (χ4v) is 2.55. The van der Waals surface area contributed by atoms with E-state index in [4.69, 9.17) is 18.0 Å². The molecule has 1 aromatic carbocycles. The number of aliphatic hydroxyl groups excluding tert-OH is 1. The van der Waals surface area contributed by atoms with Crippen LogP contribution in [0.3, 0.4) is 0 Å². The molecule has 0 aliphatic carbocycles. The first kappa shape index (κ1) is 13.5. The van der Waals surface area contributed by atoms with Gasteiger partial charge in [-0.3, -0.25) is 0 Å². The molecule has 1 aliphatic heterocycles. The van der Waals surface area contributed by atoms with Crippen LogP contribution in [-0.4, -0.2) is 34.6 Å².